The molecule has 1 amide bonds. The smallest absolute Gasteiger partial charge is 0.261 e. The maximum absolute atomic E-state index is 12.4. The molecule has 0 spiro atoms. The quantitative estimate of drug-likeness (QED) is 0.932. The Hall–Kier alpha value is -1.76. The Morgan fingerprint density at radius 3 is 2.65 bits per heavy atom. The molecule has 7 heteroatoms. The highest BCUT2D eigenvalue weighted by atomic mass is 32.1. The number of carbonyl (C=O) groups is 1. The largest absolute Gasteiger partial charge is 0.296 e. The number of anilines is 1. The van der Waals surface area contributed by atoms with Crippen molar-refractivity contribution >= 4 is 22.4 Å². The lowest BCUT2D eigenvalue weighted by Gasteiger charge is -2.19. The van der Waals surface area contributed by atoms with Gasteiger partial charge in [0, 0.05) is 19.2 Å². The molecule has 0 unspecified atom stereocenters. The fourth-order valence-electron chi connectivity index (χ4n) is 3.29. The average molecular weight is 333 g/mol. The van der Waals surface area contributed by atoms with Gasteiger partial charge in [-0.05, 0) is 19.8 Å². The summed E-state index contributed by atoms with van der Waals surface area (Å²) in [4.78, 5) is 12.4. The zero-order valence-electron chi connectivity index (χ0n) is 13.9. The van der Waals surface area contributed by atoms with Gasteiger partial charge in [-0.1, -0.05) is 43.4 Å². The maximum Gasteiger partial charge on any atom is 0.261 e. The molecular formula is C16H23N5OS. The molecule has 0 aliphatic heterocycles. The van der Waals surface area contributed by atoms with Crippen molar-refractivity contribution < 1.29 is 4.79 Å². The fourth-order valence-corrected chi connectivity index (χ4v) is 4.14. The van der Waals surface area contributed by atoms with E-state index in [-0.39, 0.29) is 5.91 Å². The second kappa shape index (κ2) is 6.78. The SMILES string of the molecule is Cc1nn(C)c(C)c1C(=O)Nc1nnc(CC2CCCCC2)s1. The van der Waals surface area contributed by atoms with E-state index >= 15 is 0 Å². The first-order chi connectivity index (χ1) is 11.0. The molecule has 0 atom stereocenters. The number of carbonyl (C=O) groups excluding carboxylic acids is 1. The predicted molar refractivity (Wildman–Crippen MR) is 90.8 cm³/mol. The summed E-state index contributed by atoms with van der Waals surface area (Å²) in [6.07, 6.45) is 7.57. The number of aromatic nitrogens is 4. The molecule has 1 fully saturated rings. The van der Waals surface area contributed by atoms with Crippen LogP contribution in [0.15, 0.2) is 0 Å². The molecule has 1 aliphatic rings. The molecule has 2 aromatic rings. The Bertz CT molecular complexity index is 699. The number of amides is 1. The molecule has 1 saturated carbocycles. The van der Waals surface area contributed by atoms with Crippen LogP contribution in [-0.2, 0) is 13.5 Å². The standard InChI is InChI=1S/C16H23N5OS/c1-10-14(11(2)21(3)20-10)15(22)17-16-19-18-13(23-16)9-12-7-5-4-6-8-12/h12H,4-9H2,1-3H3,(H,17,19,22). The summed E-state index contributed by atoms with van der Waals surface area (Å²) in [7, 11) is 1.84. The molecule has 124 valence electrons. The molecule has 6 nitrogen and oxygen atoms in total. The van der Waals surface area contributed by atoms with Crippen LogP contribution >= 0.6 is 11.3 Å². The lowest BCUT2D eigenvalue weighted by atomic mass is 9.87. The van der Waals surface area contributed by atoms with Crippen LogP contribution in [0.2, 0.25) is 0 Å². The highest BCUT2D eigenvalue weighted by Gasteiger charge is 2.20. The lowest BCUT2D eigenvalue weighted by molar-refractivity contribution is 0.102. The number of nitrogens with zero attached hydrogens (tertiary/aromatic N) is 4. The minimum absolute atomic E-state index is 0.159. The number of hydrogen-bond acceptors (Lipinski definition) is 5. The number of hydrogen-bond donors (Lipinski definition) is 1. The van der Waals surface area contributed by atoms with Crippen molar-refractivity contribution in [2.45, 2.75) is 52.4 Å². The van der Waals surface area contributed by atoms with Crippen LogP contribution in [0.4, 0.5) is 5.13 Å². The van der Waals surface area contributed by atoms with Gasteiger partial charge in [-0.2, -0.15) is 5.10 Å². The van der Waals surface area contributed by atoms with E-state index in [1.165, 1.54) is 43.4 Å². The molecule has 2 aromatic heterocycles. The van der Waals surface area contributed by atoms with Crippen LogP contribution in [0.3, 0.4) is 0 Å². The number of nitrogens with one attached hydrogen (secondary N) is 1. The van der Waals surface area contributed by atoms with E-state index in [0.29, 0.717) is 10.7 Å². The normalized spacial score (nSPS) is 15.8. The monoisotopic (exact) mass is 333 g/mol. The first-order valence-corrected chi connectivity index (χ1v) is 9.00. The maximum atomic E-state index is 12.4. The van der Waals surface area contributed by atoms with Gasteiger partial charge in [-0.15, -0.1) is 10.2 Å². The molecular weight excluding hydrogens is 310 g/mol. The van der Waals surface area contributed by atoms with Gasteiger partial charge >= 0.3 is 0 Å². The summed E-state index contributed by atoms with van der Waals surface area (Å²) in [6.45, 7) is 3.74. The highest BCUT2D eigenvalue weighted by Crippen LogP contribution is 2.28. The van der Waals surface area contributed by atoms with Gasteiger partial charge in [-0.25, -0.2) is 0 Å². The lowest BCUT2D eigenvalue weighted by Crippen LogP contribution is -2.13. The second-order valence-corrected chi connectivity index (χ2v) is 7.39. The highest BCUT2D eigenvalue weighted by molar-refractivity contribution is 7.15. The Morgan fingerprint density at radius 2 is 2.00 bits per heavy atom. The van der Waals surface area contributed by atoms with E-state index in [1.807, 2.05) is 20.9 Å². The van der Waals surface area contributed by atoms with Crippen molar-refractivity contribution in [2.24, 2.45) is 13.0 Å². The van der Waals surface area contributed by atoms with Gasteiger partial charge < -0.3 is 0 Å². The molecule has 0 aromatic carbocycles. The molecule has 0 bridgehead atoms. The summed E-state index contributed by atoms with van der Waals surface area (Å²) < 4.78 is 1.72. The topological polar surface area (TPSA) is 72.7 Å². The van der Waals surface area contributed by atoms with Gasteiger partial charge in [0.25, 0.3) is 5.91 Å². The molecule has 3 rings (SSSR count). The first-order valence-electron chi connectivity index (χ1n) is 8.18. The van der Waals surface area contributed by atoms with Crippen molar-refractivity contribution in [3.8, 4) is 0 Å². The average Bonchev–Trinajstić information content (AvgIpc) is 3.05. The first kappa shape index (κ1) is 16.1. The van der Waals surface area contributed by atoms with E-state index in [2.05, 4.69) is 20.6 Å². The zero-order chi connectivity index (χ0) is 16.4. The van der Waals surface area contributed by atoms with Crippen molar-refractivity contribution in [3.63, 3.8) is 0 Å². The van der Waals surface area contributed by atoms with Gasteiger partial charge in [0.05, 0.1) is 11.3 Å². The third-order valence-corrected chi connectivity index (χ3v) is 5.47. The van der Waals surface area contributed by atoms with Crippen molar-refractivity contribution in [3.05, 3.63) is 22.0 Å². The van der Waals surface area contributed by atoms with Gasteiger partial charge in [0.15, 0.2) is 0 Å². The van der Waals surface area contributed by atoms with Gasteiger partial charge in [0.2, 0.25) is 5.13 Å². The second-order valence-electron chi connectivity index (χ2n) is 6.33. The molecule has 23 heavy (non-hydrogen) atoms. The Kier molecular flexibility index (Phi) is 4.75. The van der Waals surface area contributed by atoms with Crippen molar-refractivity contribution in [2.75, 3.05) is 5.32 Å². The summed E-state index contributed by atoms with van der Waals surface area (Å²) in [6, 6.07) is 0. The Balaban J connectivity index is 1.65. The molecule has 1 aliphatic carbocycles. The van der Waals surface area contributed by atoms with E-state index in [1.54, 1.807) is 4.68 Å². The molecule has 2 heterocycles. The fraction of sp³-hybridized carbons (Fsp3) is 0.625. The summed E-state index contributed by atoms with van der Waals surface area (Å²) >= 11 is 1.49. The minimum Gasteiger partial charge on any atom is -0.296 e. The van der Waals surface area contributed by atoms with Crippen LogP contribution in [-0.4, -0.2) is 25.9 Å². The van der Waals surface area contributed by atoms with Crippen LogP contribution in [0, 0.1) is 19.8 Å². The van der Waals surface area contributed by atoms with Gasteiger partial charge in [-0.3, -0.25) is 14.8 Å². The van der Waals surface area contributed by atoms with Crippen LogP contribution in [0.5, 0.6) is 0 Å². The minimum atomic E-state index is -0.159. The third kappa shape index (κ3) is 3.60. The number of aryl methyl sites for hydroxylation is 2. The molecule has 1 N–H and O–H groups in total. The summed E-state index contributed by atoms with van der Waals surface area (Å²) in [5, 5.41) is 17.1. The zero-order valence-corrected chi connectivity index (χ0v) is 14.7. The van der Waals surface area contributed by atoms with Crippen molar-refractivity contribution in [1.82, 2.24) is 20.0 Å². The van der Waals surface area contributed by atoms with E-state index in [0.717, 1.165) is 28.7 Å². The third-order valence-electron chi connectivity index (χ3n) is 4.61. The van der Waals surface area contributed by atoms with E-state index in [4.69, 9.17) is 0 Å². The van der Waals surface area contributed by atoms with Crippen LogP contribution < -0.4 is 5.32 Å². The molecule has 0 saturated heterocycles. The van der Waals surface area contributed by atoms with E-state index in [9.17, 15) is 4.79 Å². The van der Waals surface area contributed by atoms with Crippen LogP contribution in [0.1, 0.15) is 58.9 Å². The van der Waals surface area contributed by atoms with Crippen molar-refractivity contribution in [1.29, 1.82) is 0 Å². The van der Waals surface area contributed by atoms with Crippen LogP contribution in [0.25, 0.3) is 0 Å². The summed E-state index contributed by atoms with van der Waals surface area (Å²) in [5.41, 5.74) is 2.21. The summed E-state index contributed by atoms with van der Waals surface area (Å²) in [5.74, 6) is 0.566. The number of rotatable bonds is 4. The van der Waals surface area contributed by atoms with Gasteiger partial charge in [0.1, 0.15) is 5.01 Å². The molecule has 0 radical (unpaired) electrons. The Morgan fingerprint density at radius 1 is 1.26 bits per heavy atom. The predicted octanol–water partition coefficient (Wildman–Crippen LogP) is 3.26. The Labute approximate surface area is 140 Å². The van der Waals surface area contributed by atoms with E-state index < -0.39 is 0 Å².